The van der Waals surface area contributed by atoms with Gasteiger partial charge in [0.15, 0.2) is 0 Å². The van der Waals surface area contributed by atoms with Crippen LogP contribution in [0.25, 0.3) is 10.9 Å². The first-order chi connectivity index (χ1) is 14.9. The van der Waals surface area contributed by atoms with E-state index in [0.717, 1.165) is 33.5 Å². The molecule has 4 aromatic rings. The Labute approximate surface area is 188 Å². The quantitative estimate of drug-likeness (QED) is 0.363. The zero-order valence-corrected chi connectivity index (χ0v) is 18.4. The lowest BCUT2D eigenvalue weighted by Crippen LogP contribution is -2.48. The van der Waals surface area contributed by atoms with Crippen LogP contribution in [-0.4, -0.2) is 10.5 Å². The molecule has 1 unspecified atom stereocenters. The van der Waals surface area contributed by atoms with Gasteiger partial charge in [-0.3, -0.25) is 4.98 Å². The second-order valence-corrected chi connectivity index (χ2v) is 8.61. The van der Waals surface area contributed by atoms with E-state index in [1.807, 2.05) is 66.7 Å². The number of nitrogens with two attached hydrogens (primary N) is 1. The van der Waals surface area contributed by atoms with Gasteiger partial charge in [-0.2, -0.15) is 0 Å². The number of rotatable bonds is 7. The number of nitrogens with zero attached hydrogens (tertiary/aromatic N) is 1. The van der Waals surface area contributed by atoms with E-state index in [4.69, 9.17) is 22.1 Å². The van der Waals surface area contributed by atoms with Crippen LogP contribution in [0, 0.1) is 0 Å². The summed E-state index contributed by atoms with van der Waals surface area (Å²) in [7, 11) is 0. The molecule has 0 saturated carbocycles. The number of nitrogens with one attached hydrogen (secondary N) is 1. The molecule has 3 N–H and O–H groups in total. The largest absolute Gasteiger partial charge is 0.457 e. The monoisotopic (exact) mass is 431 g/mol. The van der Waals surface area contributed by atoms with Gasteiger partial charge in [0.25, 0.3) is 0 Å². The molecule has 0 saturated heterocycles. The van der Waals surface area contributed by atoms with Gasteiger partial charge >= 0.3 is 0 Å². The summed E-state index contributed by atoms with van der Waals surface area (Å²) < 4.78 is 5.87. The minimum absolute atomic E-state index is 0.222. The van der Waals surface area contributed by atoms with Gasteiger partial charge < -0.3 is 15.8 Å². The Bertz CT molecular complexity index is 1160. The minimum atomic E-state index is -0.340. The lowest BCUT2D eigenvalue weighted by Gasteiger charge is -2.34. The van der Waals surface area contributed by atoms with Crippen molar-refractivity contribution in [3.8, 4) is 11.5 Å². The molecule has 0 spiro atoms. The van der Waals surface area contributed by atoms with Crippen molar-refractivity contribution in [1.29, 1.82) is 0 Å². The summed E-state index contributed by atoms with van der Waals surface area (Å²) in [5, 5.41) is 5.30. The molecule has 0 amide bonds. The molecule has 0 aliphatic heterocycles. The molecular formula is C26H26ClN3O. The topological polar surface area (TPSA) is 60.2 Å². The second-order valence-electron chi connectivity index (χ2n) is 8.17. The first kappa shape index (κ1) is 21.3. The van der Waals surface area contributed by atoms with Gasteiger partial charge in [0.1, 0.15) is 11.5 Å². The van der Waals surface area contributed by atoms with Gasteiger partial charge in [0.2, 0.25) is 0 Å². The van der Waals surface area contributed by atoms with Crippen molar-refractivity contribution >= 4 is 22.5 Å². The average Bonchev–Trinajstić information content (AvgIpc) is 2.78. The zero-order valence-electron chi connectivity index (χ0n) is 17.7. The highest BCUT2D eigenvalue weighted by Crippen LogP contribution is 2.30. The fourth-order valence-corrected chi connectivity index (χ4v) is 3.71. The summed E-state index contributed by atoms with van der Waals surface area (Å²) in [5.41, 5.74) is 9.43. The molecule has 3 aromatic carbocycles. The van der Waals surface area contributed by atoms with E-state index in [1.54, 1.807) is 6.20 Å². The molecule has 1 heterocycles. The standard InChI is InChI=1S/C26H26ClN3O/c1-26(2,25(28)23-14-15-29-24-16-19(27)10-13-22(23)24)30-17-18-8-11-21(12-9-18)31-20-6-4-3-5-7-20/h3-16,25,30H,17,28H2,1-2H3. The highest BCUT2D eigenvalue weighted by Gasteiger charge is 2.28. The van der Waals surface area contributed by atoms with Crippen molar-refractivity contribution < 1.29 is 4.74 Å². The maximum Gasteiger partial charge on any atom is 0.127 e. The second kappa shape index (κ2) is 9.06. The van der Waals surface area contributed by atoms with E-state index in [1.165, 1.54) is 0 Å². The van der Waals surface area contributed by atoms with Crippen LogP contribution in [-0.2, 0) is 6.54 Å². The van der Waals surface area contributed by atoms with Gasteiger partial charge in [-0.05, 0) is 67.4 Å². The summed E-state index contributed by atoms with van der Waals surface area (Å²) in [5.74, 6) is 1.64. The van der Waals surface area contributed by atoms with Crippen LogP contribution < -0.4 is 15.8 Å². The van der Waals surface area contributed by atoms with Crippen molar-refractivity contribution in [2.75, 3.05) is 0 Å². The molecule has 0 aliphatic carbocycles. The van der Waals surface area contributed by atoms with E-state index in [2.05, 4.69) is 36.3 Å². The van der Waals surface area contributed by atoms with Gasteiger partial charge in [-0.15, -0.1) is 0 Å². The SMILES string of the molecule is CC(C)(NCc1ccc(Oc2ccccc2)cc1)C(N)c1ccnc2cc(Cl)ccc12. The van der Waals surface area contributed by atoms with Gasteiger partial charge in [-0.1, -0.05) is 48.0 Å². The summed E-state index contributed by atoms with van der Waals surface area (Å²) in [6, 6.07) is 25.4. The smallest absolute Gasteiger partial charge is 0.127 e. The Morgan fingerprint density at radius 2 is 1.68 bits per heavy atom. The predicted molar refractivity (Wildman–Crippen MR) is 128 cm³/mol. The Hall–Kier alpha value is -2.92. The predicted octanol–water partition coefficient (Wildman–Crippen LogP) is 6.25. The number of para-hydroxylation sites is 1. The van der Waals surface area contributed by atoms with Crippen molar-refractivity contribution in [3.05, 3.63) is 101 Å². The van der Waals surface area contributed by atoms with Crippen LogP contribution in [0.4, 0.5) is 0 Å². The van der Waals surface area contributed by atoms with E-state index in [0.29, 0.717) is 11.6 Å². The Kier molecular flexibility index (Phi) is 6.23. The van der Waals surface area contributed by atoms with E-state index in [-0.39, 0.29) is 11.6 Å². The molecular weight excluding hydrogens is 406 g/mol. The van der Waals surface area contributed by atoms with Crippen LogP contribution in [0.2, 0.25) is 5.02 Å². The van der Waals surface area contributed by atoms with Crippen LogP contribution in [0.15, 0.2) is 85.1 Å². The number of pyridine rings is 1. The first-order valence-corrected chi connectivity index (χ1v) is 10.7. The number of hydrogen-bond donors (Lipinski definition) is 2. The molecule has 1 aromatic heterocycles. The lowest BCUT2D eigenvalue weighted by molar-refractivity contribution is 0.322. The van der Waals surface area contributed by atoms with Crippen LogP contribution >= 0.6 is 11.6 Å². The van der Waals surface area contributed by atoms with Crippen LogP contribution in [0.3, 0.4) is 0 Å². The number of hydrogen-bond acceptors (Lipinski definition) is 4. The fourth-order valence-electron chi connectivity index (χ4n) is 3.54. The van der Waals surface area contributed by atoms with E-state index in [9.17, 15) is 0 Å². The van der Waals surface area contributed by atoms with E-state index >= 15 is 0 Å². The first-order valence-electron chi connectivity index (χ1n) is 10.3. The van der Waals surface area contributed by atoms with Gasteiger partial charge in [0, 0.05) is 34.7 Å². The number of halogens is 1. The minimum Gasteiger partial charge on any atom is -0.457 e. The third-order valence-electron chi connectivity index (χ3n) is 5.50. The fraction of sp³-hybridized carbons (Fsp3) is 0.192. The molecule has 0 fully saturated rings. The molecule has 1 atom stereocenters. The number of benzene rings is 3. The van der Waals surface area contributed by atoms with Crippen LogP contribution in [0.1, 0.15) is 31.0 Å². The summed E-state index contributed by atoms with van der Waals surface area (Å²) in [6.07, 6.45) is 1.79. The van der Waals surface area contributed by atoms with E-state index < -0.39 is 0 Å². The Morgan fingerprint density at radius 3 is 2.42 bits per heavy atom. The van der Waals surface area contributed by atoms with Gasteiger partial charge in [-0.25, -0.2) is 0 Å². The van der Waals surface area contributed by atoms with Crippen LogP contribution in [0.5, 0.6) is 11.5 Å². The average molecular weight is 432 g/mol. The summed E-state index contributed by atoms with van der Waals surface area (Å²) in [6.45, 7) is 4.93. The molecule has 5 heteroatoms. The molecule has 0 aliphatic rings. The highest BCUT2D eigenvalue weighted by molar-refractivity contribution is 6.31. The summed E-state index contributed by atoms with van der Waals surface area (Å²) in [4.78, 5) is 4.43. The van der Waals surface area contributed by atoms with Crippen molar-refractivity contribution in [1.82, 2.24) is 10.3 Å². The Morgan fingerprint density at radius 1 is 0.968 bits per heavy atom. The normalized spacial score (nSPS) is 12.6. The highest BCUT2D eigenvalue weighted by atomic mass is 35.5. The lowest BCUT2D eigenvalue weighted by atomic mass is 9.87. The van der Waals surface area contributed by atoms with Crippen molar-refractivity contribution in [2.24, 2.45) is 5.73 Å². The number of fused-ring (bicyclic) bond motifs is 1. The third kappa shape index (κ3) is 5.05. The molecule has 4 rings (SSSR count). The molecule has 0 bridgehead atoms. The molecule has 0 radical (unpaired) electrons. The zero-order chi connectivity index (χ0) is 21.8. The summed E-state index contributed by atoms with van der Waals surface area (Å²) >= 11 is 6.12. The Balaban J connectivity index is 1.44. The number of ether oxygens (including phenoxy) is 1. The molecule has 31 heavy (non-hydrogen) atoms. The van der Waals surface area contributed by atoms with Gasteiger partial charge in [0.05, 0.1) is 5.52 Å². The number of aromatic nitrogens is 1. The van der Waals surface area contributed by atoms with Crippen molar-refractivity contribution in [3.63, 3.8) is 0 Å². The van der Waals surface area contributed by atoms with Crippen molar-refractivity contribution in [2.45, 2.75) is 32.0 Å². The third-order valence-corrected chi connectivity index (χ3v) is 5.74. The maximum atomic E-state index is 6.71. The maximum absolute atomic E-state index is 6.71. The molecule has 158 valence electrons. The molecule has 4 nitrogen and oxygen atoms in total.